The number of carbonyl (C=O) groups excluding carboxylic acids is 2. The first-order valence-corrected chi connectivity index (χ1v) is 9.89. The summed E-state index contributed by atoms with van der Waals surface area (Å²) in [6.07, 6.45) is 1.28. The Balaban J connectivity index is 1.59. The fourth-order valence-corrected chi connectivity index (χ4v) is 3.33. The molecule has 3 rings (SSSR count). The first-order chi connectivity index (χ1) is 13.8. The van der Waals surface area contributed by atoms with E-state index in [2.05, 4.69) is 19.7 Å². The number of nitrogens with zero attached hydrogens (tertiary/aromatic N) is 1. The van der Waals surface area contributed by atoms with Crippen LogP contribution in [0.15, 0.2) is 70.3 Å². The summed E-state index contributed by atoms with van der Waals surface area (Å²) < 4.78 is 36.8. The Kier molecular flexibility index (Phi) is 5.93. The summed E-state index contributed by atoms with van der Waals surface area (Å²) >= 11 is 0. The summed E-state index contributed by atoms with van der Waals surface area (Å²) in [5.41, 5.74) is 1.54. The second kappa shape index (κ2) is 8.57. The van der Waals surface area contributed by atoms with Crippen molar-refractivity contribution in [1.29, 1.82) is 0 Å². The minimum atomic E-state index is -3.81. The third-order valence-electron chi connectivity index (χ3n) is 3.74. The zero-order valence-electron chi connectivity index (χ0n) is 15.3. The molecule has 0 saturated heterocycles. The third kappa shape index (κ3) is 5.42. The number of aromatic nitrogens is 1. The van der Waals surface area contributed by atoms with Crippen molar-refractivity contribution in [2.75, 3.05) is 16.6 Å². The van der Waals surface area contributed by atoms with Crippen LogP contribution in [0.4, 0.5) is 11.5 Å². The van der Waals surface area contributed by atoms with E-state index < -0.39 is 28.5 Å². The quantitative estimate of drug-likeness (QED) is 0.568. The van der Waals surface area contributed by atoms with Gasteiger partial charge in [0.25, 0.3) is 15.9 Å². The fraction of sp³-hybridized carbons (Fsp3) is 0.105. The molecule has 0 spiro atoms. The van der Waals surface area contributed by atoms with Crippen molar-refractivity contribution in [3.05, 3.63) is 72.0 Å². The van der Waals surface area contributed by atoms with E-state index in [4.69, 9.17) is 4.74 Å². The molecule has 2 aromatic carbocycles. The highest BCUT2D eigenvalue weighted by Gasteiger charge is 2.16. The standard InChI is InChI=1S/C19H17N3O6S/c1-13-2-6-15(7-3-13)22-29(25,26)16-8-4-14(5-9-16)19(24)27-12-18(23)20-17-10-11-28-21-17/h2-11,22H,12H2,1H3,(H,20,21,23). The molecule has 0 fully saturated rings. The molecule has 0 saturated carbocycles. The normalized spacial score (nSPS) is 10.9. The van der Waals surface area contributed by atoms with E-state index in [0.717, 1.165) is 5.56 Å². The van der Waals surface area contributed by atoms with E-state index in [0.29, 0.717) is 5.69 Å². The van der Waals surface area contributed by atoms with Crippen LogP contribution in [0, 0.1) is 6.92 Å². The number of ether oxygens (including phenoxy) is 1. The zero-order chi connectivity index (χ0) is 20.9. The van der Waals surface area contributed by atoms with Gasteiger partial charge in [-0.2, -0.15) is 0 Å². The molecule has 0 unspecified atom stereocenters. The molecule has 3 aromatic rings. The summed E-state index contributed by atoms with van der Waals surface area (Å²) in [7, 11) is -3.81. The van der Waals surface area contributed by atoms with Crippen LogP contribution in [-0.2, 0) is 19.6 Å². The van der Waals surface area contributed by atoms with Gasteiger partial charge in [-0.3, -0.25) is 9.52 Å². The predicted molar refractivity (Wildman–Crippen MR) is 104 cm³/mol. The largest absolute Gasteiger partial charge is 0.452 e. The Morgan fingerprint density at radius 3 is 2.34 bits per heavy atom. The Labute approximate surface area is 166 Å². The lowest BCUT2D eigenvalue weighted by Gasteiger charge is -2.09. The smallest absolute Gasteiger partial charge is 0.338 e. The Morgan fingerprint density at radius 2 is 1.72 bits per heavy atom. The molecule has 0 radical (unpaired) electrons. The number of rotatable bonds is 7. The number of esters is 1. The first-order valence-electron chi connectivity index (χ1n) is 8.40. The van der Waals surface area contributed by atoms with Crippen molar-refractivity contribution in [3.8, 4) is 0 Å². The van der Waals surface area contributed by atoms with Crippen LogP contribution in [0.25, 0.3) is 0 Å². The molecule has 0 aliphatic heterocycles. The van der Waals surface area contributed by atoms with E-state index in [1.165, 1.54) is 36.6 Å². The average Bonchev–Trinajstić information content (AvgIpc) is 3.21. The molecule has 1 aromatic heterocycles. The summed E-state index contributed by atoms with van der Waals surface area (Å²) in [5.74, 6) is -1.16. The SMILES string of the molecule is Cc1ccc(NS(=O)(=O)c2ccc(C(=O)OCC(=O)Nc3ccon3)cc2)cc1. The van der Waals surface area contributed by atoms with Crippen LogP contribution in [0.2, 0.25) is 0 Å². The van der Waals surface area contributed by atoms with Gasteiger partial charge in [-0.05, 0) is 43.3 Å². The highest BCUT2D eigenvalue weighted by atomic mass is 32.2. The Morgan fingerprint density at radius 1 is 1.03 bits per heavy atom. The Hall–Kier alpha value is -3.66. The minimum Gasteiger partial charge on any atom is -0.452 e. The van der Waals surface area contributed by atoms with Crippen molar-refractivity contribution in [2.24, 2.45) is 0 Å². The van der Waals surface area contributed by atoms with Crippen molar-refractivity contribution in [3.63, 3.8) is 0 Å². The monoisotopic (exact) mass is 415 g/mol. The average molecular weight is 415 g/mol. The van der Waals surface area contributed by atoms with E-state index >= 15 is 0 Å². The number of anilines is 2. The molecule has 0 aliphatic carbocycles. The number of carbonyl (C=O) groups is 2. The molecular weight excluding hydrogens is 398 g/mol. The Bertz CT molecular complexity index is 1090. The van der Waals surface area contributed by atoms with Gasteiger partial charge in [-0.15, -0.1) is 0 Å². The van der Waals surface area contributed by atoms with Crippen molar-refractivity contribution < 1.29 is 27.3 Å². The number of amides is 1. The van der Waals surface area contributed by atoms with Gasteiger partial charge in [0.1, 0.15) is 6.26 Å². The van der Waals surface area contributed by atoms with Crippen LogP contribution in [-0.4, -0.2) is 32.1 Å². The number of aryl methyl sites for hydroxylation is 1. The number of hydrogen-bond donors (Lipinski definition) is 2. The van der Waals surface area contributed by atoms with Gasteiger partial charge >= 0.3 is 5.97 Å². The van der Waals surface area contributed by atoms with Crippen LogP contribution in [0.5, 0.6) is 0 Å². The molecular formula is C19H17N3O6S. The van der Waals surface area contributed by atoms with Gasteiger partial charge in [-0.1, -0.05) is 22.9 Å². The predicted octanol–water partition coefficient (Wildman–Crippen LogP) is 2.58. The maximum Gasteiger partial charge on any atom is 0.338 e. The maximum absolute atomic E-state index is 12.4. The van der Waals surface area contributed by atoms with Crippen LogP contribution >= 0.6 is 0 Å². The molecule has 0 atom stereocenters. The van der Waals surface area contributed by atoms with Gasteiger partial charge in [0.15, 0.2) is 12.4 Å². The van der Waals surface area contributed by atoms with Crippen LogP contribution in [0.1, 0.15) is 15.9 Å². The van der Waals surface area contributed by atoms with Gasteiger partial charge in [0.2, 0.25) is 0 Å². The molecule has 1 amide bonds. The van der Waals surface area contributed by atoms with E-state index in [1.807, 2.05) is 6.92 Å². The lowest BCUT2D eigenvalue weighted by molar-refractivity contribution is -0.119. The highest BCUT2D eigenvalue weighted by molar-refractivity contribution is 7.92. The summed E-state index contributed by atoms with van der Waals surface area (Å²) in [4.78, 5) is 23.7. The molecule has 150 valence electrons. The second-order valence-corrected chi connectivity index (χ2v) is 7.69. The van der Waals surface area contributed by atoms with Gasteiger partial charge in [-0.25, -0.2) is 13.2 Å². The third-order valence-corrected chi connectivity index (χ3v) is 5.14. The highest BCUT2D eigenvalue weighted by Crippen LogP contribution is 2.17. The molecule has 0 bridgehead atoms. The summed E-state index contributed by atoms with van der Waals surface area (Å²) in [5, 5.41) is 5.87. The topological polar surface area (TPSA) is 128 Å². The zero-order valence-corrected chi connectivity index (χ0v) is 16.1. The molecule has 2 N–H and O–H groups in total. The number of sulfonamides is 1. The van der Waals surface area contributed by atoms with E-state index in [9.17, 15) is 18.0 Å². The number of nitrogens with one attached hydrogen (secondary N) is 2. The number of hydrogen-bond acceptors (Lipinski definition) is 7. The lowest BCUT2D eigenvalue weighted by Crippen LogP contribution is -2.21. The van der Waals surface area contributed by atoms with Gasteiger partial charge in [0.05, 0.1) is 10.5 Å². The molecule has 1 heterocycles. The molecule has 29 heavy (non-hydrogen) atoms. The lowest BCUT2D eigenvalue weighted by atomic mass is 10.2. The molecule has 9 nitrogen and oxygen atoms in total. The summed E-state index contributed by atoms with van der Waals surface area (Å²) in [6.45, 7) is 1.37. The molecule has 10 heteroatoms. The van der Waals surface area contributed by atoms with Gasteiger partial charge < -0.3 is 14.6 Å². The van der Waals surface area contributed by atoms with Crippen LogP contribution in [0.3, 0.4) is 0 Å². The van der Waals surface area contributed by atoms with Gasteiger partial charge in [0, 0.05) is 11.8 Å². The first kappa shape index (κ1) is 20.1. The van der Waals surface area contributed by atoms with E-state index in [1.54, 1.807) is 24.3 Å². The summed E-state index contributed by atoms with van der Waals surface area (Å²) in [6, 6.07) is 13.5. The number of benzene rings is 2. The minimum absolute atomic E-state index is 0.0154. The van der Waals surface area contributed by atoms with Crippen molar-refractivity contribution in [2.45, 2.75) is 11.8 Å². The molecule has 0 aliphatic rings. The van der Waals surface area contributed by atoms with Crippen molar-refractivity contribution in [1.82, 2.24) is 5.16 Å². The second-order valence-electron chi connectivity index (χ2n) is 6.00. The maximum atomic E-state index is 12.4. The van der Waals surface area contributed by atoms with E-state index in [-0.39, 0.29) is 16.3 Å². The van der Waals surface area contributed by atoms with Crippen LogP contribution < -0.4 is 10.0 Å². The fourth-order valence-electron chi connectivity index (χ4n) is 2.28. The van der Waals surface area contributed by atoms with Crippen molar-refractivity contribution >= 4 is 33.4 Å².